The Morgan fingerprint density at radius 2 is 1.60 bits per heavy atom. The van der Waals surface area contributed by atoms with E-state index in [0.29, 0.717) is 5.82 Å². The lowest BCUT2D eigenvalue weighted by Gasteiger charge is -2.05. The molecular weight excluding hydrogens is 248 g/mol. The van der Waals surface area contributed by atoms with Crippen LogP contribution in [-0.4, -0.2) is 20.2 Å². The van der Waals surface area contributed by atoms with Gasteiger partial charge in [0.25, 0.3) is 0 Å². The van der Waals surface area contributed by atoms with Crippen molar-refractivity contribution < 1.29 is 0 Å². The minimum absolute atomic E-state index is 0.561. The third-order valence-corrected chi connectivity index (χ3v) is 3.19. The summed E-state index contributed by atoms with van der Waals surface area (Å²) in [5, 5.41) is 8.23. The van der Waals surface area contributed by atoms with Crippen LogP contribution in [0.3, 0.4) is 0 Å². The van der Waals surface area contributed by atoms with Crippen LogP contribution in [-0.2, 0) is 0 Å². The van der Waals surface area contributed by atoms with E-state index in [0.717, 1.165) is 28.2 Å². The molecule has 0 aliphatic carbocycles. The standard InChI is InChI=1S/C16H14N4/c1-11-12(2)19-20-16(18-11)15-10-14(8-9-17-15)13-6-4-3-5-7-13/h3-10H,1-2H3. The highest BCUT2D eigenvalue weighted by atomic mass is 15.2. The van der Waals surface area contributed by atoms with Gasteiger partial charge in [0.1, 0.15) is 5.69 Å². The second-order valence-electron chi connectivity index (χ2n) is 4.60. The summed E-state index contributed by atoms with van der Waals surface area (Å²) in [6.45, 7) is 3.82. The molecule has 0 aliphatic heterocycles. The number of hydrogen-bond donors (Lipinski definition) is 0. The minimum atomic E-state index is 0.561. The Morgan fingerprint density at radius 3 is 2.35 bits per heavy atom. The quantitative estimate of drug-likeness (QED) is 0.711. The zero-order chi connectivity index (χ0) is 13.9. The van der Waals surface area contributed by atoms with E-state index in [1.807, 2.05) is 44.2 Å². The maximum absolute atomic E-state index is 4.44. The Labute approximate surface area is 117 Å². The second kappa shape index (κ2) is 5.17. The summed E-state index contributed by atoms with van der Waals surface area (Å²) in [6, 6.07) is 14.1. The van der Waals surface area contributed by atoms with Crippen LogP contribution in [0.15, 0.2) is 48.7 Å². The maximum Gasteiger partial charge on any atom is 0.200 e. The molecule has 0 bridgehead atoms. The largest absolute Gasteiger partial charge is 0.253 e. The van der Waals surface area contributed by atoms with E-state index in [9.17, 15) is 0 Å². The molecule has 0 N–H and O–H groups in total. The van der Waals surface area contributed by atoms with Gasteiger partial charge in [0.2, 0.25) is 5.82 Å². The van der Waals surface area contributed by atoms with Crippen molar-refractivity contribution >= 4 is 0 Å². The Hall–Kier alpha value is -2.62. The zero-order valence-corrected chi connectivity index (χ0v) is 11.4. The molecule has 98 valence electrons. The molecule has 0 saturated carbocycles. The van der Waals surface area contributed by atoms with Gasteiger partial charge in [-0.15, -0.1) is 5.10 Å². The molecule has 20 heavy (non-hydrogen) atoms. The minimum Gasteiger partial charge on any atom is -0.253 e. The van der Waals surface area contributed by atoms with E-state index in [1.165, 1.54) is 0 Å². The lowest BCUT2D eigenvalue weighted by molar-refractivity contribution is 0.899. The fraction of sp³-hybridized carbons (Fsp3) is 0.125. The van der Waals surface area contributed by atoms with E-state index < -0.39 is 0 Å². The predicted molar refractivity (Wildman–Crippen MR) is 78.0 cm³/mol. The van der Waals surface area contributed by atoms with Crippen LogP contribution in [0, 0.1) is 13.8 Å². The van der Waals surface area contributed by atoms with Crippen molar-refractivity contribution in [3.8, 4) is 22.6 Å². The molecule has 2 heterocycles. The molecular formula is C16H14N4. The monoisotopic (exact) mass is 262 g/mol. The summed E-state index contributed by atoms with van der Waals surface area (Å²) < 4.78 is 0. The van der Waals surface area contributed by atoms with Gasteiger partial charge in [-0.25, -0.2) is 4.98 Å². The molecule has 1 aromatic carbocycles. The summed E-state index contributed by atoms with van der Waals surface area (Å²) >= 11 is 0. The van der Waals surface area contributed by atoms with Crippen molar-refractivity contribution in [2.75, 3.05) is 0 Å². The van der Waals surface area contributed by atoms with Crippen molar-refractivity contribution in [3.63, 3.8) is 0 Å². The molecule has 0 amide bonds. The van der Waals surface area contributed by atoms with E-state index >= 15 is 0 Å². The van der Waals surface area contributed by atoms with Crippen LogP contribution >= 0.6 is 0 Å². The van der Waals surface area contributed by atoms with Crippen LogP contribution < -0.4 is 0 Å². The summed E-state index contributed by atoms with van der Waals surface area (Å²) in [5.74, 6) is 0.561. The first-order valence-corrected chi connectivity index (χ1v) is 6.44. The van der Waals surface area contributed by atoms with Gasteiger partial charge in [0, 0.05) is 6.20 Å². The lowest BCUT2D eigenvalue weighted by Crippen LogP contribution is -2.00. The van der Waals surface area contributed by atoms with Gasteiger partial charge in [-0.2, -0.15) is 5.10 Å². The Kier molecular flexibility index (Phi) is 3.21. The summed E-state index contributed by atoms with van der Waals surface area (Å²) in [4.78, 5) is 8.78. The SMILES string of the molecule is Cc1nnc(-c2cc(-c3ccccc3)ccn2)nc1C. The summed E-state index contributed by atoms with van der Waals surface area (Å²) in [6.07, 6.45) is 1.77. The van der Waals surface area contributed by atoms with E-state index in [-0.39, 0.29) is 0 Å². The first-order chi connectivity index (χ1) is 9.74. The van der Waals surface area contributed by atoms with E-state index in [1.54, 1.807) is 6.20 Å². The van der Waals surface area contributed by atoms with Gasteiger partial charge in [-0.05, 0) is 37.1 Å². The van der Waals surface area contributed by atoms with Gasteiger partial charge in [0.15, 0.2) is 0 Å². The Morgan fingerprint density at radius 1 is 0.800 bits per heavy atom. The molecule has 0 fully saturated rings. The van der Waals surface area contributed by atoms with Gasteiger partial charge in [-0.3, -0.25) is 4.98 Å². The summed E-state index contributed by atoms with van der Waals surface area (Å²) in [7, 11) is 0. The number of benzene rings is 1. The van der Waals surface area contributed by atoms with Crippen LogP contribution in [0.5, 0.6) is 0 Å². The number of nitrogens with zero attached hydrogens (tertiary/aromatic N) is 4. The third-order valence-electron chi connectivity index (χ3n) is 3.19. The first kappa shape index (κ1) is 12.4. The van der Waals surface area contributed by atoms with Gasteiger partial charge in [0.05, 0.1) is 11.4 Å². The molecule has 3 rings (SSSR count). The number of rotatable bonds is 2. The van der Waals surface area contributed by atoms with Crippen LogP contribution in [0.2, 0.25) is 0 Å². The molecule has 0 radical (unpaired) electrons. The Balaban J connectivity index is 2.05. The fourth-order valence-corrected chi connectivity index (χ4v) is 1.93. The Bertz CT molecular complexity index is 738. The number of pyridine rings is 1. The third kappa shape index (κ3) is 2.40. The van der Waals surface area contributed by atoms with Crippen molar-refractivity contribution in [2.24, 2.45) is 0 Å². The topological polar surface area (TPSA) is 51.6 Å². The van der Waals surface area contributed by atoms with E-state index in [2.05, 4.69) is 32.3 Å². The predicted octanol–water partition coefficient (Wildman–Crippen LogP) is 3.22. The zero-order valence-electron chi connectivity index (χ0n) is 11.4. The molecule has 0 aliphatic rings. The van der Waals surface area contributed by atoms with Crippen LogP contribution in [0.25, 0.3) is 22.6 Å². The maximum atomic E-state index is 4.44. The highest BCUT2D eigenvalue weighted by molar-refractivity contribution is 5.67. The van der Waals surface area contributed by atoms with Crippen molar-refractivity contribution in [1.82, 2.24) is 20.2 Å². The van der Waals surface area contributed by atoms with Gasteiger partial charge >= 0.3 is 0 Å². The van der Waals surface area contributed by atoms with Gasteiger partial charge in [-0.1, -0.05) is 30.3 Å². The first-order valence-electron chi connectivity index (χ1n) is 6.44. The number of aryl methyl sites for hydroxylation is 2. The molecule has 2 aromatic heterocycles. The van der Waals surface area contributed by atoms with Crippen molar-refractivity contribution in [2.45, 2.75) is 13.8 Å². The molecule has 0 unspecified atom stereocenters. The van der Waals surface area contributed by atoms with Crippen molar-refractivity contribution in [3.05, 3.63) is 60.0 Å². The van der Waals surface area contributed by atoms with Crippen LogP contribution in [0.1, 0.15) is 11.4 Å². The van der Waals surface area contributed by atoms with Crippen LogP contribution in [0.4, 0.5) is 0 Å². The highest BCUT2D eigenvalue weighted by Crippen LogP contribution is 2.22. The molecule has 3 aromatic rings. The number of hydrogen-bond acceptors (Lipinski definition) is 4. The van der Waals surface area contributed by atoms with Gasteiger partial charge < -0.3 is 0 Å². The number of aromatic nitrogens is 4. The lowest BCUT2D eigenvalue weighted by atomic mass is 10.1. The molecule has 0 saturated heterocycles. The fourth-order valence-electron chi connectivity index (χ4n) is 1.93. The molecule has 0 spiro atoms. The smallest absolute Gasteiger partial charge is 0.200 e. The van der Waals surface area contributed by atoms with E-state index in [4.69, 9.17) is 0 Å². The van der Waals surface area contributed by atoms with Crippen molar-refractivity contribution in [1.29, 1.82) is 0 Å². The average molecular weight is 262 g/mol. The molecule has 4 heteroatoms. The summed E-state index contributed by atoms with van der Waals surface area (Å²) in [5.41, 5.74) is 4.70. The molecule has 4 nitrogen and oxygen atoms in total. The second-order valence-corrected chi connectivity index (χ2v) is 4.60. The highest BCUT2D eigenvalue weighted by Gasteiger charge is 2.07. The normalized spacial score (nSPS) is 10.5. The molecule has 0 atom stereocenters. The average Bonchev–Trinajstić information content (AvgIpc) is 2.51.